The lowest BCUT2D eigenvalue weighted by atomic mass is 9.93. The predicted molar refractivity (Wildman–Crippen MR) is 94.9 cm³/mol. The molecule has 1 unspecified atom stereocenters. The van der Waals surface area contributed by atoms with Crippen LogP contribution < -0.4 is 5.32 Å². The maximum atomic E-state index is 12.0. The van der Waals surface area contributed by atoms with Gasteiger partial charge in [0.1, 0.15) is 0 Å². The van der Waals surface area contributed by atoms with E-state index in [0.717, 1.165) is 32.4 Å². The number of hydrogen-bond acceptors (Lipinski definition) is 4. The van der Waals surface area contributed by atoms with Crippen LogP contribution in [0.4, 0.5) is 0 Å². The molecule has 1 amide bonds. The number of aromatic nitrogens is 1. The highest BCUT2D eigenvalue weighted by molar-refractivity contribution is 7.11. The fourth-order valence-electron chi connectivity index (χ4n) is 3.75. The summed E-state index contributed by atoms with van der Waals surface area (Å²) in [4.78, 5) is 20.6. The van der Waals surface area contributed by atoms with E-state index in [-0.39, 0.29) is 5.91 Å². The van der Waals surface area contributed by atoms with Crippen molar-refractivity contribution >= 4 is 17.2 Å². The van der Waals surface area contributed by atoms with Gasteiger partial charge in [0.15, 0.2) is 0 Å². The molecule has 128 valence electrons. The first-order valence-electron chi connectivity index (χ1n) is 9.13. The zero-order valence-electron chi connectivity index (χ0n) is 14.3. The van der Waals surface area contributed by atoms with E-state index in [0.29, 0.717) is 12.3 Å². The summed E-state index contributed by atoms with van der Waals surface area (Å²) >= 11 is 1.86. The third-order valence-corrected chi connectivity index (χ3v) is 6.27. The molecule has 1 aromatic rings. The van der Waals surface area contributed by atoms with Crippen LogP contribution in [0.25, 0.3) is 0 Å². The molecule has 23 heavy (non-hydrogen) atoms. The van der Waals surface area contributed by atoms with Crippen molar-refractivity contribution in [1.29, 1.82) is 0 Å². The minimum atomic E-state index is 0.208. The Morgan fingerprint density at radius 2 is 2.22 bits per heavy atom. The third kappa shape index (κ3) is 5.01. The van der Waals surface area contributed by atoms with E-state index in [4.69, 9.17) is 4.98 Å². The summed E-state index contributed by atoms with van der Waals surface area (Å²) in [7, 11) is 2.18. The maximum Gasteiger partial charge on any atom is 0.220 e. The topological polar surface area (TPSA) is 45.2 Å². The first-order valence-corrected chi connectivity index (χ1v) is 9.95. The Bertz CT molecular complexity index is 505. The molecule has 0 bridgehead atoms. The van der Waals surface area contributed by atoms with Crippen LogP contribution in [0.2, 0.25) is 0 Å². The number of nitrogens with one attached hydrogen (secondary N) is 1. The van der Waals surface area contributed by atoms with Crippen molar-refractivity contribution in [1.82, 2.24) is 15.2 Å². The average Bonchev–Trinajstić information content (AvgIpc) is 2.96. The number of carbonyl (C=O) groups excluding carboxylic acids is 1. The molecule has 0 spiro atoms. The Morgan fingerprint density at radius 3 is 3.04 bits per heavy atom. The fraction of sp³-hybridized carbons (Fsp3) is 0.778. The summed E-state index contributed by atoms with van der Waals surface area (Å²) in [5, 5.41) is 4.28. The van der Waals surface area contributed by atoms with Gasteiger partial charge in [-0.2, -0.15) is 0 Å². The first-order chi connectivity index (χ1) is 11.2. The van der Waals surface area contributed by atoms with Gasteiger partial charge in [-0.3, -0.25) is 4.79 Å². The molecule has 1 fully saturated rings. The van der Waals surface area contributed by atoms with Crippen molar-refractivity contribution in [3.8, 4) is 0 Å². The number of piperidine rings is 1. The van der Waals surface area contributed by atoms with E-state index in [1.165, 1.54) is 54.2 Å². The summed E-state index contributed by atoms with van der Waals surface area (Å²) in [5.74, 6) is 0.907. The second kappa shape index (κ2) is 8.25. The quantitative estimate of drug-likeness (QED) is 0.869. The number of rotatable bonds is 6. The number of fused-ring (bicyclic) bond motifs is 1. The zero-order chi connectivity index (χ0) is 16.1. The number of hydrogen-bond donors (Lipinski definition) is 1. The Labute approximate surface area is 143 Å². The summed E-state index contributed by atoms with van der Waals surface area (Å²) in [6.45, 7) is 3.09. The van der Waals surface area contributed by atoms with Crippen molar-refractivity contribution in [2.45, 2.75) is 57.8 Å². The van der Waals surface area contributed by atoms with Gasteiger partial charge in [-0.05, 0) is 64.5 Å². The van der Waals surface area contributed by atoms with Crippen LogP contribution in [-0.4, -0.2) is 42.5 Å². The monoisotopic (exact) mass is 335 g/mol. The minimum Gasteiger partial charge on any atom is -0.356 e. The molecule has 1 N–H and O–H groups in total. The Morgan fingerprint density at radius 1 is 1.35 bits per heavy atom. The highest BCUT2D eigenvalue weighted by Crippen LogP contribution is 2.26. The number of thiazole rings is 1. The summed E-state index contributed by atoms with van der Waals surface area (Å²) in [6, 6.07) is 0. The first kappa shape index (κ1) is 16.9. The second-order valence-electron chi connectivity index (χ2n) is 7.09. The van der Waals surface area contributed by atoms with Gasteiger partial charge >= 0.3 is 0 Å². The molecule has 0 radical (unpaired) electrons. The lowest BCUT2D eigenvalue weighted by Crippen LogP contribution is -2.33. The van der Waals surface area contributed by atoms with Crippen LogP contribution in [0.15, 0.2) is 0 Å². The zero-order valence-corrected chi connectivity index (χ0v) is 15.1. The summed E-state index contributed by atoms with van der Waals surface area (Å²) in [6.07, 6.45) is 10.1. The SMILES string of the molecule is CN1CCCC(CCC(=O)NCCc2nc3c(s2)CCCC3)C1. The number of likely N-dealkylation sites (tertiary alicyclic amines) is 1. The molecule has 4 nitrogen and oxygen atoms in total. The fourth-order valence-corrected chi connectivity index (χ4v) is 4.91. The summed E-state index contributed by atoms with van der Waals surface area (Å²) < 4.78 is 0. The molecule has 3 rings (SSSR count). The molecule has 2 aliphatic rings. The standard InChI is InChI=1S/C18H29N3OS/c1-21-12-4-5-14(13-21)8-9-17(22)19-11-10-18-20-15-6-2-3-7-16(15)23-18/h14H,2-13H2,1H3,(H,19,22). The number of nitrogens with zero attached hydrogens (tertiary/aromatic N) is 2. The molecule has 5 heteroatoms. The molecule has 0 saturated carbocycles. The molecular formula is C18H29N3OS. The van der Waals surface area contributed by atoms with E-state index >= 15 is 0 Å². The largest absolute Gasteiger partial charge is 0.356 e. The third-order valence-electron chi connectivity index (χ3n) is 5.05. The van der Waals surface area contributed by atoms with Gasteiger partial charge in [0.25, 0.3) is 0 Å². The number of aryl methyl sites for hydroxylation is 2. The van der Waals surface area contributed by atoms with Crippen molar-refractivity contribution in [2.75, 3.05) is 26.7 Å². The normalized spacial score (nSPS) is 21.9. The van der Waals surface area contributed by atoms with Gasteiger partial charge in [0.05, 0.1) is 10.7 Å². The molecule has 1 saturated heterocycles. The van der Waals surface area contributed by atoms with E-state index in [2.05, 4.69) is 17.3 Å². The van der Waals surface area contributed by atoms with E-state index in [1.807, 2.05) is 11.3 Å². The molecule has 1 aromatic heterocycles. The van der Waals surface area contributed by atoms with Gasteiger partial charge in [0.2, 0.25) is 5.91 Å². The van der Waals surface area contributed by atoms with Crippen molar-refractivity contribution in [3.63, 3.8) is 0 Å². The highest BCUT2D eigenvalue weighted by Gasteiger charge is 2.18. The molecule has 1 aliphatic carbocycles. The molecule has 1 atom stereocenters. The van der Waals surface area contributed by atoms with E-state index in [9.17, 15) is 4.79 Å². The Balaban J connectivity index is 1.33. The summed E-state index contributed by atoms with van der Waals surface area (Å²) in [5.41, 5.74) is 1.32. The van der Waals surface area contributed by atoms with Crippen LogP contribution in [0, 0.1) is 5.92 Å². The Hall–Kier alpha value is -0.940. The number of carbonyl (C=O) groups is 1. The minimum absolute atomic E-state index is 0.208. The van der Waals surface area contributed by atoms with Gasteiger partial charge in [-0.25, -0.2) is 4.98 Å². The van der Waals surface area contributed by atoms with Gasteiger partial charge in [-0.1, -0.05) is 0 Å². The average molecular weight is 336 g/mol. The van der Waals surface area contributed by atoms with Gasteiger partial charge in [0, 0.05) is 30.8 Å². The molecular weight excluding hydrogens is 306 g/mol. The van der Waals surface area contributed by atoms with Gasteiger partial charge in [-0.15, -0.1) is 11.3 Å². The van der Waals surface area contributed by atoms with Crippen LogP contribution in [0.5, 0.6) is 0 Å². The van der Waals surface area contributed by atoms with Crippen molar-refractivity contribution in [2.24, 2.45) is 5.92 Å². The Kier molecular flexibility index (Phi) is 6.06. The lowest BCUT2D eigenvalue weighted by Gasteiger charge is -2.29. The highest BCUT2D eigenvalue weighted by atomic mass is 32.1. The van der Waals surface area contributed by atoms with Crippen LogP contribution >= 0.6 is 11.3 Å². The van der Waals surface area contributed by atoms with Gasteiger partial charge < -0.3 is 10.2 Å². The van der Waals surface area contributed by atoms with Crippen LogP contribution in [-0.2, 0) is 24.1 Å². The maximum absolute atomic E-state index is 12.0. The molecule has 2 heterocycles. The van der Waals surface area contributed by atoms with E-state index < -0.39 is 0 Å². The predicted octanol–water partition coefficient (Wildman–Crippen LogP) is 2.80. The smallest absolute Gasteiger partial charge is 0.220 e. The van der Waals surface area contributed by atoms with Crippen LogP contribution in [0.3, 0.4) is 0 Å². The van der Waals surface area contributed by atoms with Crippen molar-refractivity contribution in [3.05, 3.63) is 15.6 Å². The second-order valence-corrected chi connectivity index (χ2v) is 8.26. The lowest BCUT2D eigenvalue weighted by molar-refractivity contribution is -0.121. The number of amides is 1. The molecule has 1 aliphatic heterocycles. The van der Waals surface area contributed by atoms with Crippen LogP contribution in [0.1, 0.15) is 54.1 Å². The molecule has 0 aromatic carbocycles. The van der Waals surface area contributed by atoms with E-state index in [1.54, 1.807) is 0 Å². The van der Waals surface area contributed by atoms with Crippen molar-refractivity contribution < 1.29 is 4.79 Å².